The van der Waals surface area contributed by atoms with Crippen LogP contribution in [0.25, 0.3) is 0 Å². The molecule has 0 amide bonds. The molecule has 20 heavy (non-hydrogen) atoms. The summed E-state index contributed by atoms with van der Waals surface area (Å²) in [5.41, 5.74) is 7.79. The molecule has 0 spiro atoms. The average molecular weight is 274 g/mol. The van der Waals surface area contributed by atoms with Gasteiger partial charge in [0.2, 0.25) is 0 Å². The van der Waals surface area contributed by atoms with Crippen LogP contribution in [-0.4, -0.2) is 30.6 Å². The lowest BCUT2D eigenvalue weighted by Gasteiger charge is -2.39. The van der Waals surface area contributed by atoms with Gasteiger partial charge < -0.3 is 10.6 Å². The Balaban J connectivity index is 1.78. The van der Waals surface area contributed by atoms with Crippen molar-refractivity contribution < 1.29 is 0 Å². The molecule has 1 heterocycles. The Morgan fingerprint density at radius 1 is 1.20 bits per heavy atom. The minimum absolute atomic E-state index is 0.215. The van der Waals surface area contributed by atoms with Gasteiger partial charge in [-0.3, -0.25) is 0 Å². The third kappa shape index (κ3) is 4.32. The molecule has 2 rings (SSSR count). The van der Waals surface area contributed by atoms with E-state index < -0.39 is 0 Å². The predicted molar refractivity (Wildman–Crippen MR) is 86.7 cm³/mol. The Morgan fingerprint density at radius 2 is 1.80 bits per heavy atom. The summed E-state index contributed by atoms with van der Waals surface area (Å²) in [6.45, 7) is 10.3. The number of rotatable bonds is 5. The van der Waals surface area contributed by atoms with Crippen LogP contribution in [0.15, 0.2) is 30.3 Å². The van der Waals surface area contributed by atoms with Crippen LogP contribution in [0, 0.1) is 11.3 Å². The van der Waals surface area contributed by atoms with Crippen LogP contribution in [0.3, 0.4) is 0 Å². The smallest absolute Gasteiger partial charge is 0.00739 e. The third-order valence-electron chi connectivity index (χ3n) is 4.94. The highest BCUT2D eigenvalue weighted by molar-refractivity contribution is 5.15. The summed E-state index contributed by atoms with van der Waals surface area (Å²) in [6.07, 6.45) is 3.89. The fourth-order valence-corrected chi connectivity index (χ4v) is 3.02. The Labute approximate surface area is 124 Å². The zero-order chi connectivity index (χ0) is 14.6. The molecule has 1 aromatic rings. The standard InChI is InChI=1S/C18H30N2/c1-15(19)18(2,3)14-20-11-9-17(10-12-20)13-16-7-5-4-6-8-16/h4-8,15,17H,9-14,19H2,1-3H3. The van der Waals surface area contributed by atoms with Crippen molar-refractivity contribution in [2.24, 2.45) is 17.1 Å². The molecule has 1 saturated heterocycles. The van der Waals surface area contributed by atoms with Crippen LogP contribution >= 0.6 is 0 Å². The van der Waals surface area contributed by atoms with Crippen LogP contribution in [0.4, 0.5) is 0 Å². The lowest BCUT2D eigenvalue weighted by Crippen LogP contribution is -2.46. The summed E-state index contributed by atoms with van der Waals surface area (Å²) in [4.78, 5) is 2.60. The van der Waals surface area contributed by atoms with Gasteiger partial charge in [0, 0.05) is 12.6 Å². The van der Waals surface area contributed by atoms with E-state index >= 15 is 0 Å². The lowest BCUT2D eigenvalue weighted by molar-refractivity contribution is 0.116. The molecule has 2 N–H and O–H groups in total. The first kappa shape index (κ1) is 15.5. The van der Waals surface area contributed by atoms with Gasteiger partial charge in [-0.15, -0.1) is 0 Å². The molecule has 0 aliphatic carbocycles. The molecule has 112 valence electrons. The van der Waals surface area contributed by atoms with Crippen molar-refractivity contribution in [2.45, 2.75) is 46.1 Å². The molecule has 0 radical (unpaired) electrons. The van der Waals surface area contributed by atoms with Crippen molar-refractivity contribution in [3.8, 4) is 0 Å². The van der Waals surface area contributed by atoms with E-state index in [9.17, 15) is 0 Å². The molecule has 1 unspecified atom stereocenters. The number of piperidine rings is 1. The molecule has 0 saturated carbocycles. The molecule has 0 aromatic heterocycles. The predicted octanol–water partition coefficient (Wildman–Crippen LogP) is 3.31. The summed E-state index contributed by atoms with van der Waals surface area (Å²) in [5.74, 6) is 0.854. The molecule has 1 aromatic carbocycles. The first-order valence-corrected chi connectivity index (χ1v) is 7.99. The van der Waals surface area contributed by atoms with Crippen LogP contribution in [0.5, 0.6) is 0 Å². The van der Waals surface area contributed by atoms with E-state index in [0.717, 1.165) is 12.5 Å². The van der Waals surface area contributed by atoms with Crippen LogP contribution in [-0.2, 0) is 6.42 Å². The highest BCUT2D eigenvalue weighted by Gasteiger charge is 2.28. The Morgan fingerprint density at radius 3 is 2.35 bits per heavy atom. The van der Waals surface area contributed by atoms with Gasteiger partial charge in [0.15, 0.2) is 0 Å². The molecule has 1 atom stereocenters. The van der Waals surface area contributed by atoms with E-state index in [1.807, 2.05) is 0 Å². The van der Waals surface area contributed by atoms with E-state index in [0.29, 0.717) is 0 Å². The van der Waals surface area contributed by atoms with Gasteiger partial charge in [0.1, 0.15) is 0 Å². The lowest BCUT2D eigenvalue weighted by atomic mass is 9.83. The van der Waals surface area contributed by atoms with Crippen molar-refractivity contribution >= 4 is 0 Å². The molecule has 1 aliphatic rings. The van der Waals surface area contributed by atoms with E-state index in [4.69, 9.17) is 5.73 Å². The van der Waals surface area contributed by atoms with Crippen LogP contribution in [0.2, 0.25) is 0 Å². The topological polar surface area (TPSA) is 29.3 Å². The maximum atomic E-state index is 6.09. The first-order valence-electron chi connectivity index (χ1n) is 7.99. The SMILES string of the molecule is CC(N)C(C)(C)CN1CCC(Cc2ccccc2)CC1. The fraction of sp³-hybridized carbons (Fsp3) is 0.667. The van der Waals surface area contributed by atoms with Crippen molar-refractivity contribution in [2.75, 3.05) is 19.6 Å². The molecular weight excluding hydrogens is 244 g/mol. The summed E-state index contributed by atoms with van der Waals surface area (Å²) in [6, 6.07) is 11.2. The summed E-state index contributed by atoms with van der Waals surface area (Å²) in [7, 11) is 0. The molecule has 1 fully saturated rings. The average Bonchev–Trinajstić information content (AvgIpc) is 2.42. The van der Waals surface area contributed by atoms with Crippen molar-refractivity contribution in [1.29, 1.82) is 0 Å². The number of hydrogen-bond donors (Lipinski definition) is 1. The van der Waals surface area contributed by atoms with Crippen molar-refractivity contribution in [3.63, 3.8) is 0 Å². The van der Waals surface area contributed by atoms with Gasteiger partial charge in [-0.25, -0.2) is 0 Å². The zero-order valence-electron chi connectivity index (χ0n) is 13.3. The highest BCUT2D eigenvalue weighted by atomic mass is 15.1. The van der Waals surface area contributed by atoms with Gasteiger partial charge in [-0.2, -0.15) is 0 Å². The second kappa shape index (κ2) is 6.73. The molecule has 0 bridgehead atoms. The Bertz CT molecular complexity index is 389. The summed E-state index contributed by atoms with van der Waals surface area (Å²) in [5, 5.41) is 0. The minimum Gasteiger partial charge on any atom is -0.327 e. The fourth-order valence-electron chi connectivity index (χ4n) is 3.02. The third-order valence-corrected chi connectivity index (χ3v) is 4.94. The number of nitrogens with two attached hydrogens (primary N) is 1. The summed E-state index contributed by atoms with van der Waals surface area (Å²) >= 11 is 0. The Hall–Kier alpha value is -0.860. The minimum atomic E-state index is 0.215. The quantitative estimate of drug-likeness (QED) is 0.892. The van der Waals surface area contributed by atoms with E-state index in [-0.39, 0.29) is 11.5 Å². The van der Waals surface area contributed by atoms with Gasteiger partial charge in [0.05, 0.1) is 0 Å². The number of likely N-dealkylation sites (tertiary alicyclic amines) is 1. The molecule has 2 heteroatoms. The molecule has 1 aliphatic heterocycles. The monoisotopic (exact) mass is 274 g/mol. The van der Waals surface area contributed by atoms with Gasteiger partial charge in [0.25, 0.3) is 0 Å². The number of hydrogen-bond acceptors (Lipinski definition) is 2. The molecular formula is C18H30N2. The van der Waals surface area contributed by atoms with Crippen LogP contribution < -0.4 is 5.73 Å². The van der Waals surface area contributed by atoms with Gasteiger partial charge in [-0.05, 0) is 56.2 Å². The second-order valence-corrected chi connectivity index (χ2v) is 7.19. The van der Waals surface area contributed by atoms with Crippen LogP contribution in [0.1, 0.15) is 39.2 Å². The van der Waals surface area contributed by atoms with E-state index in [2.05, 4.69) is 56.0 Å². The number of nitrogens with zero attached hydrogens (tertiary/aromatic N) is 1. The highest BCUT2D eigenvalue weighted by Crippen LogP contribution is 2.26. The van der Waals surface area contributed by atoms with E-state index in [1.165, 1.54) is 37.9 Å². The maximum Gasteiger partial charge on any atom is 0.00739 e. The largest absolute Gasteiger partial charge is 0.327 e. The zero-order valence-corrected chi connectivity index (χ0v) is 13.3. The first-order chi connectivity index (χ1) is 9.47. The van der Waals surface area contributed by atoms with Gasteiger partial charge in [-0.1, -0.05) is 44.2 Å². The number of benzene rings is 1. The van der Waals surface area contributed by atoms with Crippen molar-refractivity contribution in [1.82, 2.24) is 4.90 Å². The van der Waals surface area contributed by atoms with E-state index in [1.54, 1.807) is 0 Å². The van der Waals surface area contributed by atoms with Crippen molar-refractivity contribution in [3.05, 3.63) is 35.9 Å². The summed E-state index contributed by atoms with van der Waals surface area (Å²) < 4.78 is 0. The maximum absolute atomic E-state index is 6.09. The second-order valence-electron chi connectivity index (χ2n) is 7.19. The van der Waals surface area contributed by atoms with Gasteiger partial charge >= 0.3 is 0 Å². The normalized spacial score (nSPS) is 20.0. The Kier molecular flexibility index (Phi) is 5.22. The molecule has 2 nitrogen and oxygen atoms in total.